The van der Waals surface area contributed by atoms with Gasteiger partial charge in [-0.3, -0.25) is 4.99 Å². The van der Waals surface area contributed by atoms with Gasteiger partial charge in [-0.1, -0.05) is 24.3 Å². The Morgan fingerprint density at radius 1 is 1.14 bits per heavy atom. The van der Waals surface area contributed by atoms with Gasteiger partial charge in [-0.15, -0.1) is 24.0 Å². The molecule has 158 valence electrons. The van der Waals surface area contributed by atoms with E-state index >= 15 is 0 Å². The SMILES string of the molecule is CN=C(NCCc1cccc(OC)c1)NC1CCN(c2ccccc2OC)C1.I. The molecule has 2 N–H and O–H groups in total. The lowest BCUT2D eigenvalue weighted by atomic mass is 10.1. The van der Waals surface area contributed by atoms with Crippen LogP contribution in [-0.2, 0) is 6.42 Å². The summed E-state index contributed by atoms with van der Waals surface area (Å²) >= 11 is 0. The molecule has 2 aromatic rings. The average molecular weight is 510 g/mol. The lowest BCUT2D eigenvalue weighted by Crippen LogP contribution is -2.45. The molecule has 0 saturated carbocycles. The van der Waals surface area contributed by atoms with Gasteiger partial charge >= 0.3 is 0 Å². The third-order valence-electron chi connectivity index (χ3n) is 5.02. The van der Waals surface area contributed by atoms with Crippen molar-refractivity contribution >= 4 is 35.6 Å². The van der Waals surface area contributed by atoms with Crippen LogP contribution < -0.4 is 25.0 Å². The lowest BCUT2D eigenvalue weighted by molar-refractivity contribution is 0.414. The molecule has 6 nitrogen and oxygen atoms in total. The van der Waals surface area contributed by atoms with Crippen molar-refractivity contribution in [2.75, 3.05) is 45.8 Å². The summed E-state index contributed by atoms with van der Waals surface area (Å²) in [5.74, 6) is 2.65. The third-order valence-corrected chi connectivity index (χ3v) is 5.02. The standard InChI is InChI=1S/C22H30N4O2.HI/c1-23-22(24-13-11-17-7-6-8-19(15-17)27-2)25-18-12-14-26(16-18)20-9-4-5-10-21(20)28-3;/h4-10,15,18H,11-14,16H2,1-3H3,(H2,23,24,25);1H. The van der Waals surface area contributed by atoms with Crippen LogP contribution in [-0.4, -0.2) is 52.9 Å². The highest BCUT2D eigenvalue weighted by Crippen LogP contribution is 2.30. The molecule has 0 aromatic heterocycles. The summed E-state index contributed by atoms with van der Waals surface area (Å²) in [6.45, 7) is 2.74. The van der Waals surface area contributed by atoms with Crippen LogP contribution >= 0.6 is 24.0 Å². The molecular weight excluding hydrogens is 479 g/mol. The minimum atomic E-state index is 0. The van der Waals surface area contributed by atoms with Crippen LogP contribution in [0.1, 0.15) is 12.0 Å². The first-order valence-electron chi connectivity index (χ1n) is 9.71. The maximum absolute atomic E-state index is 5.50. The second-order valence-corrected chi connectivity index (χ2v) is 6.85. The Balaban J connectivity index is 0.00000300. The van der Waals surface area contributed by atoms with Gasteiger partial charge in [-0.25, -0.2) is 0 Å². The second kappa shape index (κ2) is 11.7. The van der Waals surface area contributed by atoms with Gasteiger partial charge in [-0.05, 0) is 42.7 Å². The van der Waals surface area contributed by atoms with Crippen molar-refractivity contribution in [3.05, 3.63) is 54.1 Å². The number of ether oxygens (including phenoxy) is 2. The lowest BCUT2D eigenvalue weighted by Gasteiger charge is -2.22. The van der Waals surface area contributed by atoms with Gasteiger partial charge in [0.1, 0.15) is 11.5 Å². The molecule has 1 aliphatic rings. The van der Waals surface area contributed by atoms with E-state index in [9.17, 15) is 0 Å². The highest BCUT2D eigenvalue weighted by molar-refractivity contribution is 14.0. The molecule has 0 bridgehead atoms. The number of guanidine groups is 1. The fourth-order valence-corrected chi connectivity index (χ4v) is 3.53. The van der Waals surface area contributed by atoms with Crippen LogP contribution in [0.25, 0.3) is 0 Å². The smallest absolute Gasteiger partial charge is 0.191 e. The number of nitrogens with one attached hydrogen (secondary N) is 2. The molecule has 7 heteroatoms. The molecule has 0 amide bonds. The summed E-state index contributed by atoms with van der Waals surface area (Å²) < 4.78 is 10.8. The van der Waals surface area contributed by atoms with Gasteiger partial charge in [-0.2, -0.15) is 0 Å². The van der Waals surface area contributed by atoms with Crippen LogP contribution in [0.15, 0.2) is 53.5 Å². The van der Waals surface area contributed by atoms with Crippen molar-refractivity contribution in [1.29, 1.82) is 0 Å². The van der Waals surface area contributed by atoms with E-state index in [0.29, 0.717) is 6.04 Å². The Labute approximate surface area is 190 Å². The summed E-state index contributed by atoms with van der Waals surface area (Å²) in [7, 11) is 5.23. The molecule has 1 fully saturated rings. The second-order valence-electron chi connectivity index (χ2n) is 6.85. The minimum Gasteiger partial charge on any atom is -0.497 e. The van der Waals surface area contributed by atoms with Gasteiger partial charge in [0.2, 0.25) is 0 Å². The number of halogens is 1. The molecule has 1 unspecified atom stereocenters. The number of hydrogen-bond donors (Lipinski definition) is 2. The van der Waals surface area contributed by atoms with E-state index in [1.54, 1.807) is 14.2 Å². The summed E-state index contributed by atoms with van der Waals surface area (Å²) in [6.07, 6.45) is 1.98. The van der Waals surface area contributed by atoms with Crippen LogP contribution in [0.4, 0.5) is 5.69 Å². The maximum atomic E-state index is 5.50. The molecule has 1 atom stereocenters. The molecule has 29 heavy (non-hydrogen) atoms. The number of hydrogen-bond acceptors (Lipinski definition) is 4. The Hall–Kier alpha value is -2.16. The van der Waals surface area contributed by atoms with E-state index in [1.165, 1.54) is 5.56 Å². The maximum Gasteiger partial charge on any atom is 0.191 e. The summed E-state index contributed by atoms with van der Waals surface area (Å²) in [6, 6.07) is 16.7. The molecule has 1 aliphatic heterocycles. The van der Waals surface area contributed by atoms with Crippen LogP contribution in [0.3, 0.4) is 0 Å². The first-order chi connectivity index (χ1) is 13.7. The van der Waals surface area contributed by atoms with E-state index in [0.717, 1.165) is 55.6 Å². The van der Waals surface area contributed by atoms with E-state index in [-0.39, 0.29) is 24.0 Å². The highest BCUT2D eigenvalue weighted by atomic mass is 127. The third kappa shape index (κ3) is 6.42. The van der Waals surface area contributed by atoms with Gasteiger partial charge in [0.05, 0.1) is 19.9 Å². The topological polar surface area (TPSA) is 58.1 Å². The monoisotopic (exact) mass is 510 g/mol. The fraction of sp³-hybridized carbons (Fsp3) is 0.409. The molecule has 1 saturated heterocycles. The molecule has 1 heterocycles. The Bertz CT molecular complexity index is 800. The number of benzene rings is 2. The van der Waals surface area contributed by atoms with Crippen LogP contribution in [0, 0.1) is 0 Å². The fourth-order valence-electron chi connectivity index (χ4n) is 3.53. The predicted molar refractivity (Wildman–Crippen MR) is 130 cm³/mol. The molecule has 0 radical (unpaired) electrons. The average Bonchev–Trinajstić information content (AvgIpc) is 3.21. The van der Waals surface area contributed by atoms with Crippen LogP contribution in [0.2, 0.25) is 0 Å². The Kier molecular flexibility index (Phi) is 9.37. The largest absolute Gasteiger partial charge is 0.497 e. The van der Waals surface area contributed by atoms with Crippen molar-refractivity contribution in [3.8, 4) is 11.5 Å². The first kappa shape index (κ1) is 23.1. The van der Waals surface area contributed by atoms with Gasteiger partial charge in [0, 0.05) is 32.7 Å². The first-order valence-corrected chi connectivity index (χ1v) is 9.71. The van der Waals surface area contributed by atoms with E-state index in [4.69, 9.17) is 9.47 Å². The van der Waals surface area contributed by atoms with Gasteiger partial charge in [0.15, 0.2) is 5.96 Å². The van der Waals surface area contributed by atoms with Crippen molar-refractivity contribution in [2.24, 2.45) is 4.99 Å². The number of aliphatic imine (C=N–C) groups is 1. The molecule has 3 rings (SSSR count). The number of nitrogens with zero attached hydrogens (tertiary/aromatic N) is 2. The quantitative estimate of drug-likeness (QED) is 0.340. The van der Waals surface area contributed by atoms with Crippen molar-refractivity contribution < 1.29 is 9.47 Å². The van der Waals surface area contributed by atoms with Gasteiger partial charge in [0.25, 0.3) is 0 Å². The van der Waals surface area contributed by atoms with Gasteiger partial charge < -0.3 is 25.0 Å². The Morgan fingerprint density at radius 2 is 1.97 bits per heavy atom. The Morgan fingerprint density at radius 3 is 2.72 bits per heavy atom. The van der Waals surface area contributed by atoms with Crippen molar-refractivity contribution in [2.45, 2.75) is 18.9 Å². The highest BCUT2D eigenvalue weighted by Gasteiger charge is 2.25. The number of para-hydroxylation sites is 2. The van der Waals surface area contributed by atoms with E-state index in [1.807, 2.05) is 31.3 Å². The van der Waals surface area contributed by atoms with Crippen molar-refractivity contribution in [1.82, 2.24) is 10.6 Å². The number of anilines is 1. The zero-order valence-electron chi connectivity index (χ0n) is 17.4. The molecule has 2 aromatic carbocycles. The summed E-state index contributed by atoms with van der Waals surface area (Å²) in [5.41, 5.74) is 2.39. The molecular formula is C22H31IN4O2. The zero-order chi connectivity index (χ0) is 19.8. The molecule has 0 aliphatic carbocycles. The number of rotatable bonds is 7. The summed E-state index contributed by atoms with van der Waals surface area (Å²) in [5, 5.41) is 6.96. The van der Waals surface area contributed by atoms with Crippen LogP contribution in [0.5, 0.6) is 11.5 Å². The van der Waals surface area contributed by atoms with E-state index in [2.05, 4.69) is 44.8 Å². The number of methoxy groups -OCH3 is 2. The summed E-state index contributed by atoms with van der Waals surface area (Å²) in [4.78, 5) is 6.74. The van der Waals surface area contributed by atoms with Crippen molar-refractivity contribution in [3.63, 3.8) is 0 Å². The van der Waals surface area contributed by atoms with E-state index < -0.39 is 0 Å². The minimum absolute atomic E-state index is 0. The zero-order valence-corrected chi connectivity index (χ0v) is 19.7. The predicted octanol–water partition coefficient (Wildman–Crippen LogP) is 3.31. The normalized spacial score (nSPS) is 16.2. The molecule has 0 spiro atoms.